The van der Waals surface area contributed by atoms with Gasteiger partial charge in [0, 0.05) is 0 Å². The molecule has 0 aliphatic rings. The van der Waals surface area contributed by atoms with Gasteiger partial charge in [0.25, 0.3) is 0 Å². The molecule has 0 radical (unpaired) electrons. The lowest BCUT2D eigenvalue weighted by Gasteiger charge is -2.11. The molecular weight excluding hydrogens is 252 g/mol. The lowest BCUT2D eigenvalue weighted by molar-refractivity contribution is 0.431. The monoisotopic (exact) mass is 296 g/mol. The van der Waals surface area contributed by atoms with E-state index < -0.39 is 0 Å². The van der Waals surface area contributed by atoms with E-state index in [1.807, 2.05) is 0 Å². The Bertz CT molecular complexity index is 173. The Morgan fingerprint density at radius 1 is 0.429 bits per heavy atom. The van der Waals surface area contributed by atoms with Crippen molar-refractivity contribution in [2.45, 2.75) is 130 Å². The maximum atomic E-state index is 2.47. The number of hydrogen-bond donors (Lipinski definition) is 0. The summed E-state index contributed by atoms with van der Waals surface area (Å²) in [7, 11) is 0. The second-order valence-corrected chi connectivity index (χ2v) is 7.28. The van der Waals surface area contributed by atoms with E-state index in [9.17, 15) is 0 Å². The van der Waals surface area contributed by atoms with Crippen molar-refractivity contribution in [1.82, 2.24) is 0 Å². The Hall–Kier alpha value is 0. The van der Waals surface area contributed by atoms with Crippen LogP contribution in [0.4, 0.5) is 0 Å². The molecule has 128 valence electrons. The summed E-state index contributed by atoms with van der Waals surface area (Å²) < 4.78 is 0. The van der Waals surface area contributed by atoms with Crippen LogP contribution in [0.1, 0.15) is 130 Å². The zero-order valence-electron chi connectivity index (χ0n) is 15.6. The van der Waals surface area contributed by atoms with Crippen molar-refractivity contribution in [3.05, 3.63) is 0 Å². The number of rotatable bonds is 17. The maximum Gasteiger partial charge on any atom is -0.0443 e. The molecule has 0 saturated carbocycles. The van der Waals surface area contributed by atoms with Crippen LogP contribution in [0.5, 0.6) is 0 Å². The van der Waals surface area contributed by atoms with Crippen LogP contribution in [0, 0.1) is 5.92 Å². The van der Waals surface area contributed by atoms with Gasteiger partial charge < -0.3 is 0 Å². The normalized spacial score (nSPS) is 12.7. The second-order valence-electron chi connectivity index (χ2n) is 7.28. The topological polar surface area (TPSA) is 0 Å². The zero-order chi connectivity index (χ0) is 15.6. The van der Waals surface area contributed by atoms with E-state index in [-0.39, 0.29) is 0 Å². The van der Waals surface area contributed by atoms with E-state index in [4.69, 9.17) is 0 Å². The van der Waals surface area contributed by atoms with Crippen LogP contribution >= 0.6 is 0 Å². The van der Waals surface area contributed by atoms with E-state index in [1.54, 1.807) is 0 Å². The third kappa shape index (κ3) is 18.0. The molecule has 0 unspecified atom stereocenters. The van der Waals surface area contributed by atoms with Crippen molar-refractivity contribution in [3.63, 3.8) is 0 Å². The standard InChI is InChI=1S/C21H44/c1-4-6-8-10-11-12-13-14-16-18-20-21(3)19-17-15-9-7-5-2/h21H,4-20H2,1-3H3/t21-/m1/s1. The highest BCUT2D eigenvalue weighted by Gasteiger charge is 2.02. The van der Waals surface area contributed by atoms with Crippen LogP contribution in [-0.2, 0) is 0 Å². The van der Waals surface area contributed by atoms with E-state index in [0.717, 1.165) is 5.92 Å². The first-order valence-electron chi connectivity index (χ1n) is 10.3. The molecule has 0 spiro atoms. The Morgan fingerprint density at radius 2 is 0.714 bits per heavy atom. The van der Waals surface area contributed by atoms with Gasteiger partial charge >= 0.3 is 0 Å². The molecule has 0 heterocycles. The van der Waals surface area contributed by atoms with E-state index in [1.165, 1.54) is 109 Å². The first kappa shape index (κ1) is 21.0. The van der Waals surface area contributed by atoms with E-state index in [0.29, 0.717) is 0 Å². The minimum absolute atomic E-state index is 0.973. The Balaban J connectivity index is 3.09. The summed E-state index contributed by atoms with van der Waals surface area (Å²) >= 11 is 0. The second kappa shape index (κ2) is 18.1. The van der Waals surface area contributed by atoms with Gasteiger partial charge in [0.05, 0.1) is 0 Å². The summed E-state index contributed by atoms with van der Waals surface area (Å²) in [6, 6.07) is 0. The molecule has 0 nitrogen and oxygen atoms in total. The van der Waals surface area contributed by atoms with Crippen molar-refractivity contribution in [1.29, 1.82) is 0 Å². The molecule has 0 aromatic carbocycles. The zero-order valence-corrected chi connectivity index (χ0v) is 15.6. The molecule has 0 aromatic rings. The number of unbranched alkanes of at least 4 members (excludes halogenated alkanes) is 13. The largest absolute Gasteiger partial charge is 0.0654 e. The minimum Gasteiger partial charge on any atom is -0.0654 e. The minimum atomic E-state index is 0.973. The molecule has 0 heteroatoms. The third-order valence-electron chi connectivity index (χ3n) is 4.85. The van der Waals surface area contributed by atoms with Crippen molar-refractivity contribution < 1.29 is 0 Å². The van der Waals surface area contributed by atoms with Gasteiger partial charge in [-0.25, -0.2) is 0 Å². The Morgan fingerprint density at radius 3 is 1.05 bits per heavy atom. The molecule has 21 heavy (non-hydrogen) atoms. The SMILES string of the molecule is CCCCCCCCCCCC[C@H](C)CCCCCCC. The van der Waals surface area contributed by atoms with Crippen molar-refractivity contribution in [2.24, 2.45) is 5.92 Å². The fraction of sp³-hybridized carbons (Fsp3) is 1.00. The van der Waals surface area contributed by atoms with Gasteiger partial charge in [0.1, 0.15) is 0 Å². The first-order valence-corrected chi connectivity index (χ1v) is 10.3. The van der Waals surface area contributed by atoms with Crippen molar-refractivity contribution >= 4 is 0 Å². The third-order valence-corrected chi connectivity index (χ3v) is 4.85. The van der Waals surface area contributed by atoms with Crippen LogP contribution < -0.4 is 0 Å². The summed E-state index contributed by atoms with van der Waals surface area (Å²) in [4.78, 5) is 0. The van der Waals surface area contributed by atoms with Crippen LogP contribution in [-0.4, -0.2) is 0 Å². The lowest BCUT2D eigenvalue weighted by Crippen LogP contribution is -1.95. The molecular formula is C21H44. The maximum absolute atomic E-state index is 2.47. The summed E-state index contributed by atoms with van der Waals surface area (Å²) in [5.41, 5.74) is 0. The van der Waals surface area contributed by atoms with Gasteiger partial charge in [0.2, 0.25) is 0 Å². The molecule has 0 saturated heterocycles. The van der Waals surface area contributed by atoms with Crippen molar-refractivity contribution in [3.8, 4) is 0 Å². The summed E-state index contributed by atoms with van der Waals surface area (Å²) in [5, 5.41) is 0. The number of hydrogen-bond acceptors (Lipinski definition) is 0. The lowest BCUT2D eigenvalue weighted by atomic mass is 9.96. The predicted octanol–water partition coefficient (Wildman–Crippen LogP) is 8.29. The van der Waals surface area contributed by atoms with E-state index in [2.05, 4.69) is 20.8 Å². The quantitative estimate of drug-likeness (QED) is 0.237. The molecule has 0 aliphatic heterocycles. The smallest absolute Gasteiger partial charge is 0.0443 e. The Labute approximate surface area is 136 Å². The van der Waals surface area contributed by atoms with E-state index >= 15 is 0 Å². The predicted molar refractivity (Wildman–Crippen MR) is 99.0 cm³/mol. The highest BCUT2D eigenvalue weighted by atomic mass is 14.1. The van der Waals surface area contributed by atoms with Crippen LogP contribution in [0.25, 0.3) is 0 Å². The molecule has 1 atom stereocenters. The molecule has 0 aliphatic carbocycles. The van der Waals surface area contributed by atoms with Gasteiger partial charge in [-0.3, -0.25) is 0 Å². The van der Waals surface area contributed by atoms with Crippen LogP contribution in [0.2, 0.25) is 0 Å². The van der Waals surface area contributed by atoms with Gasteiger partial charge in [-0.05, 0) is 5.92 Å². The van der Waals surface area contributed by atoms with Gasteiger partial charge in [0.15, 0.2) is 0 Å². The fourth-order valence-electron chi connectivity index (χ4n) is 3.22. The molecule has 0 N–H and O–H groups in total. The summed E-state index contributed by atoms with van der Waals surface area (Å²) in [6.07, 6.45) is 24.8. The van der Waals surface area contributed by atoms with Gasteiger partial charge in [-0.1, -0.05) is 130 Å². The highest BCUT2D eigenvalue weighted by molar-refractivity contribution is 4.55. The first-order chi connectivity index (χ1) is 10.3. The summed E-state index contributed by atoms with van der Waals surface area (Å²) in [5.74, 6) is 0.973. The average molecular weight is 297 g/mol. The summed E-state index contributed by atoms with van der Waals surface area (Å²) in [6.45, 7) is 7.06. The fourth-order valence-corrected chi connectivity index (χ4v) is 3.22. The molecule has 0 aromatic heterocycles. The average Bonchev–Trinajstić information content (AvgIpc) is 2.49. The molecule has 0 amide bonds. The molecule has 0 bridgehead atoms. The Kier molecular flexibility index (Phi) is 18.1. The van der Waals surface area contributed by atoms with Crippen LogP contribution in [0.3, 0.4) is 0 Å². The van der Waals surface area contributed by atoms with Crippen molar-refractivity contribution in [2.75, 3.05) is 0 Å². The molecule has 0 rings (SSSR count). The van der Waals surface area contributed by atoms with Gasteiger partial charge in [-0.2, -0.15) is 0 Å². The van der Waals surface area contributed by atoms with Crippen LogP contribution in [0.15, 0.2) is 0 Å². The highest BCUT2D eigenvalue weighted by Crippen LogP contribution is 2.18. The molecule has 0 fully saturated rings. The van der Waals surface area contributed by atoms with Gasteiger partial charge in [-0.15, -0.1) is 0 Å².